The van der Waals surface area contributed by atoms with E-state index in [0.717, 1.165) is 60.4 Å². The molecular weight excluding hydrogens is 525 g/mol. The van der Waals surface area contributed by atoms with Crippen LogP contribution in [0.2, 0.25) is 10.0 Å². The van der Waals surface area contributed by atoms with Crippen LogP contribution in [-0.4, -0.2) is 37.1 Å². The van der Waals surface area contributed by atoms with Gasteiger partial charge in [0.25, 0.3) is 0 Å². The van der Waals surface area contributed by atoms with E-state index >= 15 is 0 Å². The molecule has 0 radical (unpaired) electrons. The largest absolute Gasteiger partial charge is 0.351 e. The molecule has 0 spiro atoms. The van der Waals surface area contributed by atoms with Gasteiger partial charge in [0.05, 0.1) is 15.7 Å². The number of rotatable bonds is 9. The summed E-state index contributed by atoms with van der Waals surface area (Å²) in [5.41, 5.74) is 9.30. The fraction of sp³-hybridized carbons (Fsp3) is 0.303. The van der Waals surface area contributed by atoms with Gasteiger partial charge in [0.15, 0.2) is 0 Å². The van der Waals surface area contributed by atoms with Gasteiger partial charge in [-0.05, 0) is 85.9 Å². The SMILES string of the molecule is NC(=O)N(CC(CCN1CCC(Cc2ccccc2)CC1)c1ccc(Cl)c(Cl)c1)c1cccc2ccccc12. The second-order valence-corrected chi connectivity index (χ2v) is 11.4. The summed E-state index contributed by atoms with van der Waals surface area (Å²) in [6.07, 6.45) is 4.44. The van der Waals surface area contributed by atoms with E-state index in [9.17, 15) is 4.79 Å². The second kappa shape index (κ2) is 12.9. The lowest BCUT2D eigenvalue weighted by Gasteiger charge is -2.34. The molecule has 2 N–H and O–H groups in total. The van der Waals surface area contributed by atoms with Crippen LogP contribution in [0.4, 0.5) is 10.5 Å². The van der Waals surface area contributed by atoms with E-state index in [4.69, 9.17) is 28.9 Å². The van der Waals surface area contributed by atoms with Crippen molar-refractivity contribution in [3.63, 3.8) is 0 Å². The first-order chi connectivity index (χ1) is 19.0. The molecule has 1 saturated heterocycles. The van der Waals surface area contributed by atoms with Gasteiger partial charge in [-0.2, -0.15) is 0 Å². The molecule has 0 saturated carbocycles. The van der Waals surface area contributed by atoms with Crippen LogP contribution in [0.3, 0.4) is 0 Å². The maximum absolute atomic E-state index is 12.8. The van der Waals surface area contributed by atoms with Crippen molar-refractivity contribution in [2.24, 2.45) is 11.7 Å². The third kappa shape index (κ3) is 6.94. The van der Waals surface area contributed by atoms with E-state index < -0.39 is 6.03 Å². The highest BCUT2D eigenvalue weighted by molar-refractivity contribution is 6.42. The molecule has 1 unspecified atom stereocenters. The van der Waals surface area contributed by atoms with Gasteiger partial charge in [0.2, 0.25) is 0 Å². The predicted molar refractivity (Wildman–Crippen MR) is 164 cm³/mol. The number of hydrogen-bond acceptors (Lipinski definition) is 2. The molecule has 4 nitrogen and oxygen atoms in total. The summed E-state index contributed by atoms with van der Waals surface area (Å²) in [6, 6.07) is 30.2. The summed E-state index contributed by atoms with van der Waals surface area (Å²) in [5.74, 6) is 0.777. The summed E-state index contributed by atoms with van der Waals surface area (Å²) in [6.45, 7) is 3.60. The zero-order valence-corrected chi connectivity index (χ0v) is 23.6. The second-order valence-electron chi connectivity index (χ2n) is 10.6. The maximum atomic E-state index is 12.8. The van der Waals surface area contributed by atoms with Crippen molar-refractivity contribution in [2.75, 3.05) is 31.1 Å². The van der Waals surface area contributed by atoms with Gasteiger partial charge in [0, 0.05) is 17.8 Å². The highest BCUT2D eigenvalue weighted by Gasteiger charge is 2.25. The molecule has 1 fully saturated rings. The molecule has 5 rings (SSSR count). The molecule has 0 aromatic heterocycles. The minimum Gasteiger partial charge on any atom is -0.351 e. The number of fused-ring (bicyclic) bond motifs is 1. The minimum absolute atomic E-state index is 0.0493. The third-order valence-electron chi connectivity index (χ3n) is 8.01. The normalized spacial score (nSPS) is 15.3. The Bertz CT molecular complexity index is 1400. The molecule has 1 heterocycles. The number of likely N-dealkylation sites (tertiary alicyclic amines) is 1. The van der Waals surface area contributed by atoms with E-state index in [1.54, 1.807) is 4.90 Å². The van der Waals surface area contributed by atoms with Crippen molar-refractivity contribution < 1.29 is 4.79 Å². The van der Waals surface area contributed by atoms with Crippen molar-refractivity contribution >= 4 is 45.7 Å². The van der Waals surface area contributed by atoms with Gasteiger partial charge in [-0.15, -0.1) is 0 Å². The first kappa shape index (κ1) is 27.5. The van der Waals surface area contributed by atoms with Gasteiger partial charge in [-0.25, -0.2) is 4.79 Å². The van der Waals surface area contributed by atoms with Crippen molar-refractivity contribution in [2.45, 2.75) is 31.6 Å². The zero-order chi connectivity index (χ0) is 27.2. The topological polar surface area (TPSA) is 49.6 Å². The Morgan fingerprint density at radius 2 is 1.62 bits per heavy atom. The zero-order valence-electron chi connectivity index (χ0n) is 22.1. The number of nitrogens with two attached hydrogens (primary N) is 1. The van der Waals surface area contributed by atoms with Crippen molar-refractivity contribution in [1.29, 1.82) is 0 Å². The Kier molecular flexibility index (Phi) is 9.08. The van der Waals surface area contributed by atoms with E-state index in [0.29, 0.717) is 16.6 Å². The van der Waals surface area contributed by atoms with Gasteiger partial charge in [0.1, 0.15) is 0 Å². The average molecular weight is 561 g/mol. The highest BCUT2D eigenvalue weighted by Crippen LogP contribution is 2.33. The Balaban J connectivity index is 1.31. The highest BCUT2D eigenvalue weighted by atomic mass is 35.5. The number of urea groups is 1. The Morgan fingerprint density at radius 1 is 0.897 bits per heavy atom. The fourth-order valence-electron chi connectivity index (χ4n) is 5.80. The lowest BCUT2D eigenvalue weighted by Crippen LogP contribution is -2.40. The summed E-state index contributed by atoms with van der Waals surface area (Å²) in [4.78, 5) is 17.1. The molecule has 0 bridgehead atoms. The quantitative estimate of drug-likeness (QED) is 0.225. The van der Waals surface area contributed by atoms with Crippen molar-refractivity contribution in [3.8, 4) is 0 Å². The lowest BCUT2D eigenvalue weighted by atomic mass is 9.89. The van der Waals surface area contributed by atoms with Crippen LogP contribution in [0, 0.1) is 5.92 Å². The van der Waals surface area contributed by atoms with Crippen LogP contribution in [0.1, 0.15) is 36.3 Å². The van der Waals surface area contributed by atoms with E-state index in [1.807, 2.05) is 48.5 Å². The number of amides is 2. The molecule has 1 aliphatic heterocycles. The van der Waals surface area contributed by atoms with Crippen LogP contribution in [-0.2, 0) is 6.42 Å². The number of halogens is 2. The van der Waals surface area contributed by atoms with Crippen molar-refractivity contribution in [1.82, 2.24) is 4.90 Å². The molecule has 1 aliphatic rings. The molecule has 1 atom stereocenters. The number of nitrogens with zero attached hydrogens (tertiary/aromatic N) is 2. The summed E-state index contributed by atoms with van der Waals surface area (Å²) in [7, 11) is 0. The molecular formula is C33H35Cl2N3O. The molecule has 4 aromatic carbocycles. The first-order valence-electron chi connectivity index (χ1n) is 13.7. The molecule has 39 heavy (non-hydrogen) atoms. The first-order valence-corrected chi connectivity index (χ1v) is 14.5. The standard InChI is InChI=1S/C33H35Cl2N3O/c34-30-14-13-27(22-31(30)35)28(17-20-37-18-15-25(16-19-37)21-24-7-2-1-3-8-24)23-38(33(36)39)32-12-6-10-26-9-4-5-11-29(26)32/h1-14,22,25,28H,15-21,23H2,(H2,36,39). The number of anilines is 1. The van der Waals surface area contributed by atoms with Gasteiger partial charge < -0.3 is 10.6 Å². The van der Waals surface area contributed by atoms with Crippen LogP contribution < -0.4 is 10.6 Å². The average Bonchev–Trinajstić information content (AvgIpc) is 2.96. The number of hydrogen-bond donors (Lipinski definition) is 1. The van der Waals surface area contributed by atoms with E-state index in [1.165, 1.54) is 18.4 Å². The smallest absolute Gasteiger partial charge is 0.319 e. The lowest BCUT2D eigenvalue weighted by molar-refractivity contribution is 0.179. The summed E-state index contributed by atoms with van der Waals surface area (Å²) < 4.78 is 0. The maximum Gasteiger partial charge on any atom is 0.319 e. The minimum atomic E-state index is -0.460. The number of benzene rings is 4. The van der Waals surface area contributed by atoms with Gasteiger partial charge >= 0.3 is 6.03 Å². The third-order valence-corrected chi connectivity index (χ3v) is 8.75. The molecule has 0 aliphatic carbocycles. The van der Waals surface area contributed by atoms with Crippen LogP contribution in [0.15, 0.2) is 91.0 Å². The summed E-state index contributed by atoms with van der Waals surface area (Å²) >= 11 is 12.7. The van der Waals surface area contributed by atoms with Crippen LogP contribution in [0.5, 0.6) is 0 Å². The number of carbonyl (C=O) groups excluding carboxylic acids is 1. The Labute approximate surface area is 241 Å². The molecule has 202 valence electrons. The predicted octanol–water partition coefficient (Wildman–Crippen LogP) is 8.16. The van der Waals surface area contributed by atoms with Gasteiger partial charge in [-0.1, -0.05) is 96.0 Å². The fourth-order valence-corrected chi connectivity index (χ4v) is 6.11. The van der Waals surface area contributed by atoms with E-state index in [2.05, 4.69) is 47.4 Å². The number of carbonyl (C=O) groups is 1. The monoisotopic (exact) mass is 559 g/mol. The van der Waals surface area contributed by atoms with Crippen LogP contribution in [0.25, 0.3) is 10.8 Å². The van der Waals surface area contributed by atoms with Gasteiger partial charge in [-0.3, -0.25) is 4.90 Å². The van der Waals surface area contributed by atoms with Crippen LogP contribution >= 0.6 is 23.2 Å². The Hall–Kier alpha value is -3.05. The number of primary amides is 1. The molecule has 4 aromatic rings. The molecule has 2 amide bonds. The van der Waals surface area contributed by atoms with E-state index in [-0.39, 0.29) is 5.92 Å². The molecule has 6 heteroatoms. The van der Waals surface area contributed by atoms with Crippen molar-refractivity contribution in [3.05, 3.63) is 112 Å². The summed E-state index contributed by atoms with van der Waals surface area (Å²) in [5, 5.41) is 3.13. The Morgan fingerprint density at radius 3 is 2.36 bits per heavy atom. The number of piperidine rings is 1.